The molecule has 1 rings (SSSR count). The maximum atomic E-state index is 11.9. The van der Waals surface area contributed by atoms with Gasteiger partial charge in [-0.15, -0.1) is 0 Å². The van der Waals surface area contributed by atoms with Crippen molar-refractivity contribution < 1.29 is 14.6 Å². The smallest absolute Gasteiger partial charge is 0.227 e. The van der Waals surface area contributed by atoms with E-state index in [1.807, 2.05) is 0 Å². The van der Waals surface area contributed by atoms with E-state index in [-0.39, 0.29) is 12.5 Å². The van der Waals surface area contributed by atoms with Crippen molar-refractivity contribution in [3.05, 3.63) is 0 Å². The number of nitrogens with two attached hydrogens (primary N) is 1. The number of aliphatic hydroxyl groups is 1. The van der Waals surface area contributed by atoms with Gasteiger partial charge < -0.3 is 20.9 Å². The van der Waals surface area contributed by atoms with Gasteiger partial charge >= 0.3 is 0 Å². The van der Waals surface area contributed by atoms with Crippen LogP contribution in [0.3, 0.4) is 0 Å². The molecule has 5 heteroatoms. The van der Waals surface area contributed by atoms with Crippen LogP contribution in [0.4, 0.5) is 0 Å². The van der Waals surface area contributed by atoms with E-state index in [0.717, 1.165) is 0 Å². The van der Waals surface area contributed by atoms with Crippen molar-refractivity contribution in [2.75, 3.05) is 26.3 Å². The van der Waals surface area contributed by atoms with Crippen molar-refractivity contribution in [1.29, 1.82) is 0 Å². The van der Waals surface area contributed by atoms with Gasteiger partial charge in [0.15, 0.2) is 0 Å². The Balaban J connectivity index is 2.52. The summed E-state index contributed by atoms with van der Waals surface area (Å²) in [5, 5.41) is 11.8. The number of hydrogen-bond donors (Lipinski definition) is 3. The number of nitrogens with one attached hydrogen (secondary N) is 1. The maximum Gasteiger partial charge on any atom is 0.227 e. The molecular weight excluding hydrogens is 196 g/mol. The fourth-order valence-corrected chi connectivity index (χ4v) is 1.71. The van der Waals surface area contributed by atoms with Gasteiger partial charge in [0.1, 0.15) is 0 Å². The first-order valence-corrected chi connectivity index (χ1v) is 5.35. The topological polar surface area (TPSA) is 84.6 Å². The van der Waals surface area contributed by atoms with Gasteiger partial charge in [-0.2, -0.15) is 0 Å². The third kappa shape index (κ3) is 3.15. The molecule has 5 nitrogen and oxygen atoms in total. The van der Waals surface area contributed by atoms with Crippen LogP contribution in [0, 0.1) is 5.41 Å². The summed E-state index contributed by atoms with van der Waals surface area (Å²) in [5.41, 5.74) is 5.17. The molecule has 1 amide bonds. The van der Waals surface area contributed by atoms with E-state index >= 15 is 0 Å². The highest BCUT2D eigenvalue weighted by molar-refractivity contribution is 5.83. The minimum absolute atomic E-state index is 0.0609. The third-order valence-electron chi connectivity index (χ3n) is 2.88. The highest BCUT2D eigenvalue weighted by atomic mass is 16.5. The lowest BCUT2D eigenvalue weighted by Crippen LogP contribution is -2.50. The molecule has 0 aliphatic carbocycles. The molecule has 0 saturated carbocycles. The van der Waals surface area contributed by atoms with Crippen molar-refractivity contribution >= 4 is 5.91 Å². The van der Waals surface area contributed by atoms with Crippen molar-refractivity contribution in [3.8, 4) is 0 Å². The zero-order valence-electron chi connectivity index (χ0n) is 9.16. The van der Waals surface area contributed by atoms with E-state index in [0.29, 0.717) is 32.6 Å². The SMILES string of the molecule is C[C@@H](O)CNC(=O)C1(CN)CCOCC1. The van der Waals surface area contributed by atoms with Crippen LogP contribution in [0.5, 0.6) is 0 Å². The molecule has 0 aromatic rings. The Morgan fingerprint density at radius 2 is 2.20 bits per heavy atom. The summed E-state index contributed by atoms with van der Waals surface area (Å²) in [5.74, 6) is -0.0609. The number of hydrogen-bond acceptors (Lipinski definition) is 4. The lowest BCUT2D eigenvalue weighted by Gasteiger charge is -2.34. The van der Waals surface area contributed by atoms with E-state index in [1.54, 1.807) is 6.92 Å². The summed E-state index contributed by atoms with van der Waals surface area (Å²) in [6.45, 7) is 3.42. The number of ether oxygens (including phenoxy) is 1. The minimum Gasteiger partial charge on any atom is -0.392 e. The van der Waals surface area contributed by atoms with Crippen LogP contribution >= 0.6 is 0 Å². The molecular formula is C10H20N2O3. The Morgan fingerprint density at radius 1 is 1.60 bits per heavy atom. The Hall–Kier alpha value is -0.650. The van der Waals surface area contributed by atoms with Crippen molar-refractivity contribution in [1.82, 2.24) is 5.32 Å². The highest BCUT2D eigenvalue weighted by Gasteiger charge is 2.38. The fourth-order valence-electron chi connectivity index (χ4n) is 1.71. The zero-order valence-corrected chi connectivity index (χ0v) is 9.16. The van der Waals surface area contributed by atoms with Crippen LogP contribution in [-0.4, -0.2) is 43.4 Å². The first-order chi connectivity index (χ1) is 7.10. The van der Waals surface area contributed by atoms with Gasteiger partial charge in [0.2, 0.25) is 5.91 Å². The van der Waals surface area contributed by atoms with Crippen LogP contribution in [0.25, 0.3) is 0 Å². The molecule has 15 heavy (non-hydrogen) atoms. The average molecular weight is 216 g/mol. The van der Waals surface area contributed by atoms with Gasteiger partial charge in [-0.25, -0.2) is 0 Å². The van der Waals surface area contributed by atoms with Crippen LogP contribution in [0.1, 0.15) is 19.8 Å². The molecule has 0 unspecified atom stereocenters. The van der Waals surface area contributed by atoms with E-state index in [1.165, 1.54) is 0 Å². The Labute approximate surface area is 90.0 Å². The summed E-state index contributed by atoms with van der Waals surface area (Å²) < 4.78 is 5.22. The van der Waals surface area contributed by atoms with Crippen molar-refractivity contribution in [2.24, 2.45) is 11.1 Å². The normalized spacial score (nSPS) is 22.1. The quantitative estimate of drug-likeness (QED) is 0.576. The van der Waals surface area contributed by atoms with Gasteiger partial charge in [-0.05, 0) is 19.8 Å². The van der Waals surface area contributed by atoms with Gasteiger partial charge in [-0.1, -0.05) is 0 Å². The van der Waals surface area contributed by atoms with Crippen molar-refractivity contribution in [3.63, 3.8) is 0 Å². The van der Waals surface area contributed by atoms with E-state index in [2.05, 4.69) is 5.32 Å². The van der Waals surface area contributed by atoms with Crippen LogP contribution in [0.15, 0.2) is 0 Å². The third-order valence-corrected chi connectivity index (χ3v) is 2.88. The fraction of sp³-hybridized carbons (Fsp3) is 0.900. The number of aliphatic hydroxyl groups excluding tert-OH is 1. The first-order valence-electron chi connectivity index (χ1n) is 5.35. The first kappa shape index (κ1) is 12.4. The molecule has 0 aromatic carbocycles. The van der Waals surface area contributed by atoms with E-state index < -0.39 is 11.5 Å². The molecule has 1 fully saturated rings. The van der Waals surface area contributed by atoms with E-state index in [4.69, 9.17) is 15.6 Å². The highest BCUT2D eigenvalue weighted by Crippen LogP contribution is 2.29. The number of rotatable bonds is 4. The van der Waals surface area contributed by atoms with Crippen LogP contribution in [0.2, 0.25) is 0 Å². The molecule has 88 valence electrons. The standard InChI is InChI=1S/C10H20N2O3/c1-8(13)6-12-9(14)10(7-11)2-4-15-5-3-10/h8,13H,2-7,11H2,1H3,(H,12,14)/t8-/m1/s1. The largest absolute Gasteiger partial charge is 0.392 e. The number of carbonyl (C=O) groups is 1. The van der Waals surface area contributed by atoms with Crippen LogP contribution in [-0.2, 0) is 9.53 Å². The molecule has 0 radical (unpaired) electrons. The number of amides is 1. The molecule has 1 atom stereocenters. The summed E-state index contributed by atoms with van der Waals surface area (Å²) in [6, 6.07) is 0. The predicted molar refractivity (Wildman–Crippen MR) is 56.2 cm³/mol. The van der Waals surface area contributed by atoms with Gasteiger partial charge in [-0.3, -0.25) is 4.79 Å². The lowest BCUT2D eigenvalue weighted by molar-refractivity contribution is -0.136. The molecule has 1 aliphatic rings. The minimum atomic E-state index is -0.524. The zero-order chi connectivity index (χ0) is 11.3. The average Bonchev–Trinajstić information content (AvgIpc) is 2.26. The van der Waals surface area contributed by atoms with Gasteiger partial charge in [0.25, 0.3) is 0 Å². The monoisotopic (exact) mass is 216 g/mol. The molecule has 1 saturated heterocycles. The number of carbonyl (C=O) groups excluding carboxylic acids is 1. The molecule has 4 N–H and O–H groups in total. The summed E-state index contributed by atoms with van der Waals surface area (Å²) >= 11 is 0. The van der Waals surface area contributed by atoms with Gasteiger partial charge in [0.05, 0.1) is 11.5 Å². The Morgan fingerprint density at radius 3 is 2.67 bits per heavy atom. The maximum absolute atomic E-state index is 11.9. The molecule has 0 spiro atoms. The molecule has 1 aliphatic heterocycles. The van der Waals surface area contributed by atoms with Gasteiger partial charge in [0, 0.05) is 26.3 Å². The lowest BCUT2D eigenvalue weighted by atomic mass is 9.79. The second kappa shape index (κ2) is 5.44. The Bertz CT molecular complexity index is 213. The summed E-state index contributed by atoms with van der Waals surface area (Å²) in [6.07, 6.45) is 0.799. The van der Waals surface area contributed by atoms with Crippen molar-refractivity contribution in [2.45, 2.75) is 25.9 Å². The molecule has 0 bridgehead atoms. The molecule has 0 aromatic heterocycles. The second-order valence-corrected chi connectivity index (χ2v) is 4.16. The summed E-state index contributed by atoms with van der Waals surface area (Å²) in [4.78, 5) is 11.9. The second-order valence-electron chi connectivity index (χ2n) is 4.16. The van der Waals surface area contributed by atoms with E-state index in [9.17, 15) is 4.79 Å². The summed E-state index contributed by atoms with van der Waals surface area (Å²) in [7, 11) is 0. The predicted octanol–water partition coefficient (Wildman–Crippen LogP) is -0.761. The Kier molecular flexibility index (Phi) is 4.50. The van der Waals surface area contributed by atoms with Crippen LogP contribution < -0.4 is 11.1 Å². The molecule has 1 heterocycles.